The van der Waals surface area contributed by atoms with Gasteiger partial charge in [-0.25, -0.2) is 4.98 Å². The van der Waals surface area contributed by atoms with Gasteiger partial charge in [0, 0.05) is 44.6 Å². The zero-order valence-electron chi connectivity index (χ0n) is 17.9. The van der Waals surface area contributed by atoms with E-state index in [1.165, 1.54) is 18.4 Å². The van der Waals surface area contributed by atoms with Crippen LogP contribution < -0.4 is 19.9 Å². The van der Waals surface area contributed by atoms with E-state index in [-0.39, 0.29) is 11.8 Å². The first-order valence-electron chi connectivity index (χ1n) is 10.4. The number of aryl methyl sites for hydroxylation is 1. The van der Waals surface area contributed by atoms with Gasteiger partial charge < -0.3 is 19.9 Å². The number of hydrogen-bond donors (Lipinski definition) is 1. The van der Waals surface area contributed by atoms with Crippen molar-refractivity contribution in [2.75, 3.05) is 43.1 Å². The highest BCUT2D eigenvalue weighted by Gasteiger charge is 2.22. The second kappa shape index (κ2) is 9.47. The molecular weight excluding hydrogens is 390 g/mol. The number of methoxy groups -OCH3 is 1. The maximum atomic E-state index is 12.6. The number of nitrogens with one attached hydrogen (secondary N) is 1. The molecule has 3 aromatic rings. The molecule has 0 atom stereocenters. The molecule has 0 bridgehead atoms. The normalized spacial score (nSPS) is 13.7. The number of nitrogens with zero attached hydrogens (tertiary/aromatic N) is 4. The van der Waals surface area contributed by atoms with Crippen LogP contribution in [0.4, 0.5) is 11.6 Å². The van der Waals surface area contributed by atoms with Crippen LogP contribution in [0.25, 0.3) is 0 Å². The van der Waals surface area contributed by atoms with E-state index in [1.54, 1.807) is 6.20 Å². The van der Waals surface area contributed by atoms with Gasteiger partial charge in [-0.15, -0.1) is 0 Å². The predicted octanol–water partition coefficient (Wildman–Crippen LogP) is 3.05. The van der Waals surface area contributed by atoms with Gasteiger partial charge in [-0.1, -0.05) is 48.5 Å². The molecule has 2 heterocycles. The Bertz CT molecular complexity index is 1030. The molecule has 1 saturated heterocycles. The molecule has 2 aromatic carbocycles. The van der Waals surface area contributed by atoms with Crippen LogP contribution in [-0.2, 0) is 6.54 Å². The van der Waals surface area contributed by atoms with Crippen molar-refractivity contribution in [2.45, 2.75) is 13.5 Å². The zero-order chi connectivity index (χ0) is 21.6. The fourth-order valence-electron chi connectivity index (χ4n) is 3.76. The summed E-state index contributed by atoms with van der Waals surface area (Å²) in [6.45, 7) is 5.95. The molecule has 0 unspecified atom stereocenters. The minimum Gasteiger partial charge on any atom is -0.480 e. The van der Waals surface area contributed by atoms with Crippen molar-refractivity contribution in [3.05, 3.63) is 77.5 Å². The molecule has 1 N–H and O–H groups in total. The summed E-state index contributed by atoms with van der Waals surface area (Å²) in [6, 6.07) is 18.2. The summed E-state index contributed by atoms with van der Waals surface area (Å²) in [7, 11) is 1.52. The Morgan fingerprint density at radius 3 is 2.39 bits per heavy atom. The van der Waals surface area contributed by atoms with Crippen molar-refractivity contribution in [3.63, 3.8) is 0 Å². The maximum absolute atomic E-state index is 12.6. The van der Waals surface area contributed by atoms with Gasteiger partial charge in [0.1, 0.15) is 5.56 Å². The number of anilines is 2. The maximum Gasteiger partial charge on any atom is 0.258 e. The van der Waals surface area contributed by atoms with Gasteiger partial charge in [0.15, 0.2) is 0 Å². The van der Waals surface area contributed by atoms with Gasteiger partial charge in [-0.2, -0.15) is 4.98 Å². The highest BCUT2D eigenvalue weighted by molar-refractivity contribution is 5.96. The summed E-state index contributed by atoms with van der Waals surface area (Å²) < 4.78 is 5.41. The number of carbonyl (C=O) groups excluding carboxylic acids is 1. The highest BCUT2D eigenvalue weighted by Crippen LogP contribution is 2.23. The standard InChI is InChI=1S/C24H27N5O2/c1-18-8-6-7-11-21(18)28-12-14-29(15-13-28)24-26-17-20(23(27-24)31-2)22(30)25-16-19-9-4-3-5-10-19/h3-11,17H,12-16H2,1-2H3,(H,25,30). The van der Waals surface area contributed by atoms with Gasteiger partial charge in [-0.05, 0) is 24.1 Å². The lowest BCUT2D eigenvalue weighted by Gasteiger charge is -2.36. The number of carbonyl (C=O) groups is 1. The van der Waals surface area contributed by atoms with Gasteiger partial charge >= 0.3 is 0 Å². The van der Waals surface area contributed by atoms with Crippen molar-refractivity contribution in [1.82, 2.24) is 15.3 Å². The molecule has 31 heavy (non-hydrogen) atoms. The van der Waals surface area contributed by atoms with Crippen molar-refractivity contribution in [2.24, 2.45) is 0 Å². The van der Waals surface area contributed by atoms with Crippen molar-refractivity contribution in [3.8, 4) is 5.88 Å². The van der Waals surface area contributed by atoms with Gasteiger partial charge in [0.25, 0.3) is 5.91 Å². The molecule has 1 amide bonds. The Balaban J connectivity index is 1.41. The van der Waals surface area contributed by atoms with Crippen LogP contribution in [0.3, 0.4) is 0 Å². The molecule has 160 valence electrons. The van der Waals surface area contributed by atoms with E-state index in [0.717, 1.165) is 31.7 Å². The summed E-state index contributed by atoms with van der Waals surface area (Å²) >= 11 is 0. The highest BCUT2D eigenvalue weighted by atomic mass is 16.5. The fraction of sp³-hybridized carbons (Fsp3) is 0.292. The Morgan fingerprint density at radius 2 is 1.68 bits per heavy atom. The van der Waals surface area contributed by atoms with Gasteiger partial charge in [-0.3, -0.25) is 4.79 Å². The fourth-order valence-corrected chi connectivity index (χ4v) is 3.76. The number of aromatic nitrogens is 2. The number of hydrogen-bond acceptors (Lipinski definition) is 6. The van der Waals surface area contributed by atoms with E-state index in [4.69, 9.17) is 4.74 Å². The van der Waals surface area contributed by atoms with E-state index in [0.29, 0.717) is 18.1 Å². The Morgan fingerprint density at radius 1 is 1.00 bits per heavy atom. The molecule has 7 heteroatoms. The summed E-state index contributed by atoms with van der Waals surface area (Å²) in [6.07, 6.45) is 1.55. The van der Waals surface area contributed by atoms with Crippen LogP contribution in [0.2, 0.25) is 0 Å². The molecule has 0 saturated carbocycles. The first-order chi connectivity index (χ1) is 15.2. The second-order valence-corrected chi connectivity index (χ2v) is 7.52. The Kier molecular flexibility index (Phi) is 6.31. The molecule has 1 aliphatic heterocycles. The third-order valence-electron chi connectivity index (χ3n) is 5.49. The zero-order valence-corrected chi connectivity index (χ0v) is 17.9. The van der Waals surface area contributed by atoms with E-state index in [9.17, 15) is 4.79 Å². The Hall–Kier alpha value is -3.61. The number of rotatable bonds is 6. The summed E-state index contributed by atoms with van der Waals surface area (Å²) in [5.74, 6) is 0.620. The van der Waals surface area contributed by atoms with Crippen LogP contribution in [-0.4, -0.2) is 49.2 Å². The molecule has 1 aromatic heterocycles. The molecular formula is C24H27N5O2. The van der Waals surface area contributed by atoms with Crippen LogP contribution >= 0.6 is 0 Å². The van der Waals surface area contributed by atoms with E-state index in [1.807, 2.05) is 30.3 Å². The lowest BCUT2D eigenvalue weighted by Crippen LogP contribution is -2.47. The largest absolute Gasteiger partial charge is 0.480 e. The molecule has 0 spiro atoms. The molecule has 0 aliphatic carbocycles. The predicted molar refractivity (Wildman–Crippen MR) is 122 cm³/mol. The summed E-state index contributed by atoms with van der Waals surface area (Å²) in [5.41, 5.74) is 3.91. The number of para-hydroxylation sites is 1. The SMILES string of the molecule is COc1nc(N2CCN(c3ccccc3C)CC2)ncc1C(=O)NCc1ccccc1. The smallest absolute Gasteiger partial charge is 0.258 e. The number of amides is 1. The van der Waals surface area contributed by atoms with E-state index in [2.05, 4.69) is 56.3 Å². The lowest BCUT2D eigenvalue weighted by atomic mass is 10.1. The quantitative estimate of drug-likeness (QED) is 0.665. The number of benzene rings is 2. The van der Waals surface area contributed by atoms with Crippen LogP contribution in [0.5, 0.6) is 5.88 Å². The first kappa shape index (κ1) is 20.7. The van der Waals surface area contributed by atoms with Crippen LogP contribution in [0.15, 0.2) is 60.8 Å². The van der Waals surface area contributed by atoms with Crippen molar-refractivity contribution < 1.29 is 9.53 Å². The molecule has 7 nitrogen and oxygen atoms in total. The first-order valence-corrected chi connectivity index (χ1v) is 10.4. The number of ether oxygens (including phenoxy) is 1. The number of piperazine rings is 1. The third kappa shape index (κ3) is 4.77. The van der Waals surface area contributed by atoms with Crippen LogP contribution in [0.1, 0.15) is 21.5 Å². The minimum absolute atomic E-state index is 0.253. The molecule has 1 aliphatic rings. The molecule has 4 rings (SSSR count). The average molecular weight is 418 g/mol. The van der Waals surface area contributed by atoms with Crippen molar-refractivity contribution >= 4 is 17.5 Å². The van der Waals surface area contributed by atoms with Crippen molar-refractivity contribution in [1.29, 1.82) is 0 Å². The average Bonchev–Trinajstić information content (AvgIpc) is 2.83. The minimum atomic E-state index is -0.253. The Labute approximate surface area is 182 Å². The van der Waals surface area contributed by atoms with Gasteiger partial charge in [0.05, 0.1) is 7.11 Å². The third-order valence-corrected chi connectivity index (χ3v) is 5.49. The van der Waals surface area contributed by atoms with E-state index < -0.39 is 0 Å². The van der Waals surface area contributed by atoms with E-state index >= 15 is 0 Å². The van der Waals surface area contributed by atoms with Gasteiger partial charge in [0.2, 0.25) is 11.8 Å². The summed E-state index contributed by atoms with van der Waals surface area (Å²) in [5, 5.41) is 2.90. The summed E-state index contributed by atoms with van der Waals surface area (Å²) in [4.78, 5) is 26.1. The molecule has 1 fully saturated rings. The monoisotopic (exact) mass is 417 g/mol. The lowest BCUT2D eigenvalue weighted by molar-refractivity contribution is 0.0946. The topological polar surface area (TPSA) is 70.6 Å². The van der Waals surface area contributed by atoms with Crippen LogP contribution in [0, 0.1) is 6.92 Å². The molecule has 0 radical (unpaired) electrons. The second-order valence-electron chi connectivity index (χ2n) is 7.52.